The Bertz CT molecular complexity index is 544. The zero-order valence-corrected chi connectivity index (χ0v) is 9.94. The fraction of sp³-hybridized carbons (Fsp3) is 0.133. The number of ether oxygens (including phenoxy) is 1. The quantitative estimate of drug-likeness (QED) is 0.740. The third-order valence-corrected chi connectivity index (χ3v) is 2.58. The molecule has 0 radical (unpaired) electrons. The molecule has 0 spiro atoms. The fourth-order valence-corrected chi connectivity index (χ4v) is 1.64. The van der Waals surface area contributed by atoms with Crippen LogP contribution in [0.15, 0.2) is 48.5 Å². The lowest BCUT2D eigenvalue weighted by Gasteiger charge is -2.10. The Hall–Kier alpha value is -2.09. The van der Waals surface area contributed by atoms with E-state index in [0.717, 1.165) is 11.3 Å². The predicted octanol–water partition coefficient (Wildman–Crippen LogP) is 3.99. The molecule has 2 rings (SSSR count). The molecule has 0 bridgehead atoms. The van der Waals surface area contributed by atoms with Crippen molar-refractivity contribution < 1.29 is 9.53 Å². The van der Waals surface area contributed by atoms with E-state index in [1.54, 1.807) is 13.0 Å². The highest BCUT2D eigenvalue weighted by Gasteiger charge is 2.08. The third kappa shape index (κ3) is 2.53. The topological polar surface area (TPSA) is 26.3 Å². The molecule has 2 aromatic rings. The summed E-state index contributed by atoms with van der Waals surface area (Å²) >= 11 is 0. The monoisotopic (exact) mass is 226 g/mol. The maximum Gasteiger partial charge on any atom is 0.163 e. The van der Waals surface area contributed by atoms with E-state index >= 15 is 0 Å². The summed E-state index contributed by atoms with van der Waals surface area (Å²) in [5, 5.41) is 0. The maximum atomic E-state index is 11.5. The molecule has 0 aromatic heterocycles. The third-order valence-electron chi connectivity index (χ3n) is 2.58. The van der Waals surface area contributed by atoms with Crippen LogP contribution in [-0.2, 0) is 0 Å². The molecule has 0 N–H and O–H groups in total. The minimum atomic E-state index is 0.00850. The molecule has 0 saturated carbocycles. The lowest BCUT2D eigenvalue weighted by atomic mass is 10.1. The van der Waals surface area contributed by atoms with Gasteiger partial charge in [0.1, 0.15) is 11.5 Å². The molecule has 86 valence electrons. The van der Waals surface area contributed by atoms with Gasteiger partial charge >= 0.3 is 0 Å². The highest BCUT2D eigenvalue weighted by atomic mass is 16.5. The van der Waals surface area contributed by atoms with Gasteiger partial charge in [-0.05, 0) is 37.6 Å². The molecule has 0 aliphatic heterocycles. The number of ketones is 1. The zero-order valence-electron chi connectivity index (χ0n) is 9.94. The van der Waals surface area contributed by atoms with Crippen LogP contribution in [-0.4, -0.2) is 5.78 Å². The molecular weight excluding hydrogens is 212 g/mol. The van der Waals surface area contributed by atoms with Crippen molar-refractivity contribution in [2.45, 2.75) is 13.8 Å². The molecule has 0 atom stereocenters. The van der Waals surface area contributed by atoms with Crippen LogP contribution in [0.1, 0.15) is 22.8 Å². The summed E-state index contributed by atoms with van der Waals surface area (Å²) in [5.74, 6) is 1.39. The Morgan fingerprint density at radius 2 is 1.53 bits per heavy atom. The molecule has 0 heterocycles. The van der Waals surface area contributed by atoms with Crippen molar-refractivity contribution in [1.82, 2.24) is 0 Å². The van der Waals surface area contributed by atoms with Crippen LogP contribution in [0.4, 0.5) is 0 Å². The minimum Gasteiger partial charge on any atom is -0.456 e. The van der Waals surface area contributed by atoms with Gasteiger partial charge in [0.25, 0.3) is 0 Å². The smallest absolute Gasteiger partial charge is 0.163 e. The summed E-state index contributed by atoms with van der Waals surface area (Å²) < 4.78 is 5.78. The normalized spacial score (nSPS) is 10.0. The number of rotatable bonds is 3. The van der Waals surface area contributed by atoms with E-state index in [1.165, 1.54) is 0 Å². The van der Waals surface area contributed by atoms with Crippen molar-refractivity contribution in [3.05, 3.63) is 59.7 Å². The number of benzene rings is 2. The lowest BCUT2D eigenvalue weighted by molar-refractivity contribution is 0.101. The molecule has 0 amide bonds. The number of hydrogen-bond acceptors (Lipinski definition) is 2. The van der Waals surface area contributed by atoms with Crippen molar-refractivity contribution in [2.75, 3.05) is 0 Å². The van der Waals surface area contributed by atoms with Crippen LogP contribution < -0.4 is 4.74 Å². The summed E-state index contributed by atoms with van der Waals surface area (Å²) in [5.41, 5.74) is 1.65. The SMILES string of the molecule is CC(=O)c1ccccc1Oc1ccccc1C. The number of Topliss-reactive ketones (excluding diaryl/α,β-unsaturated/α-hetero) is 1. The Labute approximate surface area is 101 Å². The van der Waals surface area contributed by atoms with Gasteiger partial charge in [0.2, 0.25) is 0 Å². The summed E-state index contributed by atoms with van der Waals surface area (Å²) in [7, 11) is 0. The van der Waals surface area contributed by atoms with Gasteiger partial charge in [0.05, 0.1) is 5.56 Å². The first-order valence-corrected chi connectivity index (χ1v) is 5.52. The molecule has 2 aromatic carbocycles. The van der Waals surface area contributed by atoms with Crippen LogP contribution in [0.5, 0.6) is 11.5 Å². The van der Waals surface area contributed by atoms with E-state index in [-0.39, 0.29) is 5.78 Å². The van der Waals surface area contributed by atoms with E-state index in [9.17, 15) is 4.79 Å². The van der Waals surface area contributed by atoms with Crippen LogP contribution in [0, 0.1) is 6.92 Å². The standard InChI is InChI=1S/C15H14O2/c1-11-7-3-5-9-14(11)17-15-10-6-4-8-13(15)12(2)16/h3-10H,1-2H3. The molecule has 0 fully saturated rings. The number of carbonyl (C=O) groups excluding carboxylic acids is 1. The largest absolute Gasteiger partial charge is 0.456 e. The molecule has 2 heteroatoms. The fourth-order valence-electron chi connectivity index (χ4n) is 1.64. The molecule has 17 heavy (non-hydrogen) atoms. The second-order valence-electron chi connectivity index (χ2n) is 3.92. The van der Waals surface area contributed by atoms with E-state index in [1.807, 2.05) is 49.4 Å². The van der Waals surface area contributed by atoms with Crippen LogP contribution in [0.2, 0.25) is 0 Å². The van der Waals surface area contributed by atoms with Crippen molar-refractivity contribution in [3.63, 3.8) is 0 Å². The first-order valence-electron chi connectivity index (χ1n) is 5.52. The minimum absolute atomic E-state index is 0.00850. The average molecular weight is 226 g/mol. The van der Waals surface area contributed by atoms with Gasteiger partial charge in [-0.3, -0.25) is 4.79 Å². The highest BCUT2D eigenvalue weighted by molar-refractivity contribution is 5.96. The Morgan fingerprint density at radius 1 is 0.941 bits per heavy atom. The van der Waals surface area contributed by atoms with Gasteiger partial charge in [-0.15, -0.1) is 0 Å². The number of aryl methyl sites for hydroxylation is 1. The second kappa shape index (κ2) is 4.83. The Kier molecular flexibility index (Phi) is 3.24. The van der Waals surface area contributed by atoms with Gasteiger partial charge in [-0.1, -0.05) is 30.3 Å². The van der Waals surface area contributed by atoms with Crippen molar-refractivity contribution in [1.29, 1.82) is 0 Å². The van der Waals surface area contributed by atoms with Crippen molar-refractivity contribution in [2.24, 2.45) is 0 Å². The first kappa shape index (κ1) is 11.4. The van der Waals surface area contributed by atoms with E-state index < -0.39 is 0 Å². The Morgan fingerprint density at radius 3 is 2.18 bits per heavy atom. The summed E-state index contributed by atoms with van der Waals surface area (Å²) in [6.45, 7) is 3.52. The van der Waals surface area contributed by atoms with Crippen molar-refractivity contribution >= 4 is 5.78 Å². The Balaban J connectivity index is 2.37. The van der Waals surface area contributed by atoms with Gasteiger partial charge in [0, 0.05) is 0 Å². The van der Waals surface area contributed by atoms with E-state index in [0.29, 0.717) is 11.3 Å². The van der Waals surface area contributed by atoms with Crippen LogP contribution in [0.3, 0.4) is 0 Å². The number of para-hydroxylation sites is 2. The summed E-state index contributed by atoms with van der Waals surface area (Å²) in [4.78, 5) is 11.5. The summed E-state index contributed by atoms with van der Waals surface area (Å²) in [6, 6.07) is 15.0. The number of hydrogen-bond donors (Lipinski definition) is 0. The molecule has 0 aliphatic carbocycles. The predicted molar refractivity (Wildman–Crippen MR) is 67.7 cm³/mol. The second-order valence-corrected chi connectivity index (χ2v) is 3.92. The molecule has 2 nitrogen and oxygen atoms in total. The van der Waals surface area contributed by atoms with Gasteiger partial charge in [-0.2, -0.15) is 0 Å². The van der Waals surface area contributed by atoms with E-state index in [2.05, 4.69) is 0 Å². The first-order chi connectivity index (χ1) is 8.18. The highest BCUT2D eigenvalue weighted by Crippen LogP contribution is 2.27. The van der Waals surface area contributed by atoms with Gasteiger partial charge < -0.3 is 4.74 Å². The van der Waals surface area contributed by atoms with Crippen molar-refractivity contribution in [3.8, 4) is 11.5 Å². The number of carbonyl (C=O) groups is 1. The van der Waals surface area contributed by atoms with Gasteiger partial charge in [0.15, 0.2) is 5.78 Å². The summed E-state index contributed by atoms with van der Waals surface area (Å²) in [6.07, 6.45) is 0. The molecule has 0 unspecified atom stereocenters. The maximum absolute atomic E-state index is 11.5. The lowest BCUT2D eigenvalue weighted by Crippen LogP contribution is -1.97. The van der Waals surface area contributed by atoms with E-state index in [4.69, 9.17) is 4.74 Å². The van der Waals surface area contributed by atoms with Gasteiger partial charge in [-0.25, -0.2) is 0 Å². The van der Waals surface area contributed by atoms with Crippen LogP contribution in [0.25, 0.3) is 0 Å². The average Bonchev–Trinajstić information content (AvgIpc) is 2.32. The zero-order chi connectivity index (χ0) is 12.3. The molecule has 0 aliphatic rings. The molecule has 0 saturated heterocycles. The molecular formula is C15H14O2. The van der Waals surface area contributed by atoms with Crippen LogP contribution >= 0.6 is 0 Å².